The van der Waals surface area contributed by atoms with E-state index in [0.29, 0.717) is 18.1 Å². The highest BCUT2D eigenvalue weighted by Gasteiger charge is 2.53. The fourth-order valence-electron chi connectivity index (χ4n) is 2.77. The molecule has 0 radical (unpaired) electrons. The zero-order valence-corrected chi connectivity index (χ0v) is 12.8. The van der Waals surface area contributed by atoms with Gasteiger partial charge in [-0.05, 0) is 54.7 Å². The molecule has 20 heavy (non-hydrogen) atoms. The van der Waals surface area contributed by atoms with Crippen molar-refractivity contribution >= 4 is 21.6 Å². The van der Waals surface area contributed by atoms with Crippen LogP contribution in [0.4, 0.5) is 0 Å². The molecule has 0 aromatic heterocycles. The van der Waals surface area contributed by atoms with Gasteiger partial charge < -0.3 is 5.73 Å². The molecule has 0 saturated heterocycles. The van der Waals surface area contributed by atoms with Gasteiger partial charge in [-0.1, -0.05) is 17.7 Å². The Hall–Kier alpha value is -0.620. The van der Waals surface area contributed by atoms with E-state index in [1.807, 2.05) is 0 Å². The molecule has 0 atom stereocenters. The summed E-state index contributed by atoms with van der Waals surface area (Å²) in [6, 6.07) is 4.71. The minimum atomic E-state index is -3.48. The number of hydrogen-bond donors (Lipinski definition) is 2. The Balaban J connectivity index is 1.73. The maximum atomic E-state index is 12.3. The number of benzene rings is 1. The van der Waals surface area contributed by atoms with Crippen LogP contribution in [0.1, 0.15) is 31.2 Å². The summed E-state index contributed by atoms with van der Waals surface area (Å²) < 4.78 is 27.3. The molecule has 0 heterocycles. The van der Waals surface area contributed by atoms with E-state index < -0.39 is 10.0 Å². The van der Waals surface area contributed by atoms with Crippen LogP contribution in [-0.2, 0) is 16.6 Å². The SMILES string of the molecule is NCc1ccc(S(=O)(=O)NCC2(C3CC3)CC2)cc1Cl. The summed E-state index contributed by atoms with van der Waals surface area (Å²) >= 11 is 6.03. The van der Waals surface area contributed by atoms with Crippen molar-refractivity contribution in [2.75, 3.05) is 6.54 Å². The average Bonchev–Trinajstić information content (AvgIpc) is 3.28. The summed E-state index contributed by atoms with van der Waals surface area (Å²) in [6.07, 6.45) is 4.79. The first-order chi connectivity index (χ1) is 9.47. The third kappa shape index (κ3) is 2.72. The molecule has 0 spiro atoms. The Kier molecular flexibility index (Phi) is 3.57. The van der Waals surface area contributed by atoms with E-state index >= 15 is 0 Å². The molecule has 3 N–H and O–H groups in total. The Morgan fingerprint density at radius 1 is 1.35 bits per heavy atom. The van der Waals surface area contributed by atoms with Gasteiger partial charge in [-0.3, -0.25) is 0 Å². The van der Waals surface area contributed by atoms with Gasteiger partial charge in [0.1, 0.15) is 0 Å². The number of rotatable bonds is 6. The van der Waals surface area contributed by atoms with Crippen LogP contribution in [0.15, 0.2) is 23.1 Å². The predicted molar refractivity (Wildman–Crippen MR) is 78.9 cm³/mol. The Morgan fingerprint density at radius 2 is 2.05 bits per heavy atom. The predicted octanol–water partition coefficient (Wildman–Crippen LogP) is 2.27. The van der Waals surface area contributed by atoms with E-state index in [1.165, 1.54) is 18.9 Å². The highest BCUT2D eigenvalue weighted by atomic mass is 35.5. The van der Waals surface area contributed by atoms with Crippen molar-refractivity contribution in [3.8, 4) is 0 Å². The molecule has 2 saturated carbocycles. The van der Waals surface area contributed by atoms with E-state index in [9.17, 15) is 8.42 Å². The Morgan fingerprint density at radius 3 is 2.55 bits per heavy atom. The third-order valence-corrected chi connectivity index (χ3v) is 6.26. The lowest BCUT2D eigenvalue weighted by molar-refractivity contribution is 0.432. The van der Waals surface area contributed by atoms with Crippen LogP contribution in [0.5, 0.6) is 0 Å². The molecule has 0 bridgehead atoms. The fraction of sp³-hybridized carbons (Fsp3) is 0.571. The summed E-state index contributed by atoms with van der Waals surface area (Å²) in [6.45, 7) is 0.855. The van der Waals surface area contributed by atoms with E-state index in [1.54, 1.807) is 12.1 Å². The molecular formula is C14H19ClN2O2S. The molecule has 3 rings (SSSR count). The minimum absolute atomic E-state index is 0.214. The van der Waals surface area contributed by atoms with Crippen LogP contribution < -0.4 is 10.5 Å². The normalized spacial score (nSPS) is 20.9. The smallest absolute Gasteiger partial charge is 0.240 e. The Labute approximate surface area is 124 Å². The molecule has 1 aromatic carbocycles. The van der Waals surface area contributed by atoms with Gasteiger partial charge in [-0.15, -0.1) is 0 Å². The summed E-state index contributed by atoms with van der Waals surface area (Å²) in [4.78, 5) is 0.214. The van der Waals surface area contributed by atoms with Crippen molar-refractivity contribution in [1.82, 2.24) is 4.72 Å². The van der Waals surface area contributed by atoms with Crippen LogP contribution in [0, 0.1) is 11.3 Å². The largest absolute Gasteiger partial charge is 0.326 e. The lowest BCUT2D eigenvalue weighted by Crippen LogP contribution is -2.31. The molecule has 110 valence electrons. The quantitative estimate of drug-likeness (QED) is 0.846. The van der Waals surface area contributed by atoms with Gasteiger partial charge in [0.2, 0.25) is 10.0 Å². The molecule has 2 fully saturated rings. The molecule has 2 aliphatic rings. The second-order valence-corrected chi connectivity index (χ2v) is 8.09. The zero-order chi connectivity index (χ0) is 14.4. The van der Waals surface area contributed by atoms with Crippen LogP contribution in [0.3, 0.4) is 0 Å². The van der Waals surface area contributed by atoms with Gasteiger partial charge in [0, 0.05) is 18.1 Å². The van der Waals surface area contributed by atoms with Crippen LogP contribution in [0.2, 0.25) is 5.02 Å². The molecule has 4 nitrogen and oxygen atoms in total. The lowest BCUT2D eigenvalue weighted by Gasteiger charge is -2.15. The highest BCUT2D eigenvalue weighted by molar-refractivity contribution is 7.89. The van der Waals surface area contributed by atoms with Crippen LogP contribution >= 0.6 is 11.6 Å². The Bertz CT molecular complexity index is 622. The van der Waals surface area contributed by atoms with E-state index in [2.05, 4.69) is 4.72 Å². The molecule has 2 aliphatic carbocycles. The third-order valence-electron chi connectivity index (χ3n) is 4.50. The summed E-state index contributed by atoms with van der Waals surface area (Å²) in [7, 11) is -3.48. The maximum absolute atomic E-state index is 12.3. The monoisotopic (exact) mass is 314 g/mol. The number of hydrogen-bond acceptors (Lipinski definition) is 3. The lowest BCUT2D eigenvalue weighted by atomic mass is 10.0. The topological polar surface area (TPSA) is 72.2 Å². The number of halogens is 1. The molecular weight excluding hydrogens is 296 g/mol. The minimum Gasteiger partial charge on any atom is -0.326 e. The van der Waals surface area contributed by atoms with E-state index in [4.69, 9.17) is 17.3 Å². The number of sulfonamides is 1. The second kappa shape index (κ2) is 4.98. The van der Waals surface area contributed by atoms with Crippen molar-refractivity contribution in [2.24, 2.45) is 17.1 Å². The van der Waals surface area contributed by atoms with Gasteiger partial charge in [0.15, 0.2) is 0 Å². The standard InChI is InChI=1S/C14H19ClN2O2S/c15-13-7-12(4-1-10(13)8-16)20(18,19)17-9-14(5-6-14)11-2-3-11/h1,4,7,11,17H,2-3,5-6,8-9,16H2. The second-order valence-electron chi connectivity index (χ2n) is 5.92. The van der Waals surface area contributed by atoms with Gasteiger partial charge in [-0.2, -0.15) is 0 Å². The number of nitrogens with two attached hydrogens (primary N) is 1. The first-order valence-electron chi connectivity index (χ1n) is 6.95. The maximum Gasteiger partial charge on any atom is 0.240 e. The van der Waals surface area contributed by atoms with Crippen molar-refractivity contribution in [1.29, 1.82) is 0 Å². The summed E-state index contributed by atoms with van der Waals surface area (Å²) in [5.41, 5.74) is 6.52. The van der Waals surface area contributed by atoms with Crippen molar-refractivity contribution in [3.63, 3.8) is 0 Å². The van der Waals surface area contributed by atoms with Crippen LogP contribution in [0.25, 0.3) is 0 Å². The molecule has 0 amide bonds. The average molecular weight is 315 g/mol. The van der Waals surface area contributed by atoms with Gasteiger partial charge >= 0.3 is 0 Å². The summed E-state index contributed by atoms with van der Waals surface area (Å²) in [5, 5.41) is 0.402. The fourth-order valence-corrected chi connectivity index (χ4v) is 4.26. The first kappa shape index (κ1) is 14.3. The van der Waals surface area contributed by atoms with Gasteiger partial charge in [-0.25, -0.2) is 13.1 Å². The van der Waals surface area contributed by atoms with Crippen LogP contribution in [-0.4, -0.2) is 15.0 Å². The molecule has 0 aliphatic heterocycles. The highest BCUT2D eigenvalue weighted by Crippen LogP contribution is 2.60. The van der Waals surface area contributed by atoms with E-state index in [0.717, 1.165) is 24.3 Å². The summed E-state index contributed by atoms with van der Waals surface area (Å²) in [5.74, 6) is 0.730. The molecule has 6 heteroatoms. The van der Waals surface area contributed by atoms with Crippen molar-refractivity contribution in [3.05, 3.63) is 28.8 Å². The van der Waals surface area contributed by atoms with Gasteiger partial charge in [0.25, 0.3) is 0 Å². The van der Waals surface area contributed by atoms with Gasteiger partial charge in [0.05, 0.1) is 4.90 Å². The number of nitrogens with one attached hydrogen (secondary N) is 1. The van der Waals surface area contributed by atoms with E-state index in [-0.39, 0.29) is 10.3 Å². The first-order valence-corrected chi connectivity index (χ1v) is 8.81. The zero-order valence-electron chi connectivity index (χ0n) is 11.2. The van der Waals surface area contributed by atoms with Crippen molar-refractivity contribution < 1.29 is 8.42 Å². The molecule has 0 unspecified atom stereocenters. The molecule has 1 aromatic rings. The van der Waals surface area contributed by atoms with Crippen molar-refractivity contribution in [2.45, 2.75) is 37.1 Å².